The minimum absolute atomic E-state index is 0.266. The van der Waals surface area contributed by atoms with Gasteiger partial charge in [0.1, 0.15) is 0 Å². The van der Waals surface area contributed by atoms with Crippen LogP contribution in [0.25, 0.3) is 0 Å². The lowest BCUT2D eigenvalue weighted by molar-refractivity contribution is -0.129. The number of carbonyl (C=O) groups excluding carboxylic acids is 1. The number of benzene rings is 1. The van der Waals surface area contributed by atoms with E-state index in [0.717, 1.165) is 6.54 Å². The summed E-state index contributed by atoms with van der Waals surface area (Å²) in [6, 6.07) is 6.48. The van der Waals surface area contributed by atoms with E-state index in [2.05, 4.69) is 18.2 Å². The summed E-state index contributed by atoms with van der Waals surface area (Å²) in [5, 5.41) is 0. The molecule has 2 nitrogen and oxygen atoms in total. The van der Waals surface area contributed by atoms with Crippen molar-refractivity contribution in [3.05, 3.63) is 34.9 Å². The second-order valence-corrected chi connectivity index (χ2v) is 5.03. The molecule has 0 radical (unpaired) electrons. The third-order valence-corrected chi connectivity index (χ3v) is 3.96. The normalized spacial score (nSPS) is 23.9. The number of amides is 1. The zero-order valence-corrected chi connectivity index (χ0v) is 9.70. The van der Waals surface area contributed by atoms with Crippen molar-refractivity contribution >= 4 is 5.91 Å². The molecule has 1 unspecified atom stereocenters. The zero-order valence-electron chi connectivity index (χ0n) is 9.70. The molecule has 0 fully saturated rings. The SMILES string of the molecule is CN1CC2CCCc3cccc(c32)CC1=O. The Morgan fingerprint density at radius 2 is 2.12 bits per heavy atom. The molecule has 1 heterocycles. The quantitative estimate of drug-likeness (QED) is 0.649. The summed E-state index contributed by atoms with van der Waals surface area (Å²) in [5.41, 5.74) is 4.25. The summed E-state index contributed by atoms with van der Waals surface area (Å²) in [5.74, 6) is 0.846. The van der Waals surface area contributed by atoms with Crippen molar-refractivity contribution in [2.45, 2.75) is 31.6 Å². The van der Waals surface area contributed by atoms with E-state index in [9.17, 15) is 4.79 Å². The molecule has 0 saturated carbocycles. The van der Waals surface area contributed by atoms with Crippen molar-refractivity contribution in [1.82, 2.24) is 4.90 Å². The standard InChI is InChI=1S/C14H17NO/c1-15-9-12-7-3-5-10-4-2-6-11(14(10)12)8-13(15)16/h2,4,6,12H,3,5,7-9H2,1H3. The van der Waals surface area contributed by atoms with Crippen LogP contribution in [-0.2, 0) is 17.6 Å². The van der Waals surface area contributed by atoms with Gasteiger partial charge in [0, 0.05) is 19.5 Å². The van der Waals surface area contributed by atoms with Crippen LogP contribution in [0.1, 0.15) is 35.4 Å². The van der Waals surface area contributed by atoms with Gasteiger partial charge in [0.2, 0.25) is 5.91 Å². The van der Waals surface area contributed by atoms with Gasteiger partial charge in [-0.1, -0.05) is 18.2 Å². The van der Waals surface area contributed by atoms with Gasteiger partial charge in [-0.05, 0) is 36.0 Å². The Labute approximate surface area is 96.3 Å². The summed E-state index contributed by atoms with van der Waals surface area (Å²) >= 11 is 0. The molecule has 16 heavy (non-hydrogen) atoms. The Kier molecular flexibility index (Phi) is 2.23. The van der Waals surface area contributed by atoms with Crippen LogP contribution in [0.3, 0.4) is 0 Å². The Bertz CT molecular complexity index is 438. The van der Waals surface area contributed by atoms with E-state index in [0.29, 0.717) is 12.3 Å². The smallest absolute Gasteiger partial charge is 0.226 e. The fourth-order valence-electron chi connectivity index (χ4n) is 3.16. The van der Waals surface area contributed by atoms with Crippen LogP contribution >= 0.6 is 0 Å². The van der Waals surface area contributed by atoms with E-state index in [1.165, 1.54) is 36.0 Å². The Balaban J connectivity index is 2.13. The molecule has 0 bridgehead atoms. The molecule has 1 aromatic carbocycles. The molecule has 1 aromatic rings. The number of likely N-dealkylation sites (N-methyl/N-ethyl adjacent to an activating group) is 1. The highest BCUT2D eigenvalue weighted by Crippen LogP contribution is 2.36. The van der Waals surface area contributed by atoms with E-state index in [1.807, 2.05) is 11.9 Å². The van der Waals surface area contributed by atoms with Crippen LogP contribution < -0.4 is 0 Å². The summed E-state index contributed by atoms with van der Waals surface area (Å²) in [6.45, 7) is 0.906. The first-order chi connectivity index (χ1) is 7.75. The average Bonchev–Trinajstić information content (AvgIpc) is 2.40. The van der Waals surface area contributed by atoms with Crippen LogP contribution in [0.2, 0.25) is 0 Å². The zero-order chi connectivity index (χ0) is 11.1. The first-order valence-electron chi connectivity index (χ1n) is 6.10. The highest BCUT2D eigenvalue weighted by molar-refractivity contribution is 5.80. The topological polar surface area (TPSA) is 20.3 Å². The highest BCUT2D eigenvalue weighted by Gasteiger charge is 2.29. The first-order valence-corrected chi connectivity index (χ1v) is 6.10. The van der Waals surface area contributed by atoms with Crippen LogP contribution in [-0.4, -0.2) is 24.4 Å². The predicted molar refractivity (Wildman–Crippen MR) is 63.5 cm³/mol. The molecular weight excluding hydrogens is 198 g/mol. The molecule has 0 spiro atoms. The van der Waals surface area contributed by atoms with Crippen LogP contribution in [0.15, 0.2) is 18.2 Å². The number of aryl methyl sites for hydroxylation is 1. The summed E-state index contributed by atoms with van der Waals surface area (Å²) in [7, 11) is 1.93. The van der Waals surface area contributed by atoms with Crippen LogP contribution in [0, 0.1) is 0 Å². The molecule has 3 rings (SSSR count). The van der Waals surface area contributed by atoms with Crippen molar-refractivity contribution in [1.29, 1.82) is 0 Å². The van der Waals surface area contributed by atoms with E-state index < -0.39 is 0 Å². The van der Waals surface area contributed by atoms with Crippen molar-refractivity contribution in [2.75, 3.05) is 13.6 Å². The first kappa shape index (κ1) is 9.88. The van der Waals surface area contributed by atoms with Gasteiger partial charge < -0.3 is 4.90 Å². The minimum Gasteiger partial charge on any atom is -0.345 e. The lowest BCUT2D eigenvalue weighted by Crippen LogP contribution is -2.30. The molecule has 2 aliphatic rings. The number of rotatable bonds is 0. The second-order valence-electron chi connectivity index (χ2n) is 5.03. The van der Waals surface area contributed by atoms with Gasteiger partial charge in [-0.15, -0.1) is 0 Å². The Hall–Kier alpha value is -1.31. The molecule has 84 valence electrons. The molecular formula is C14H17NO. The van der Waals surface area contributed by atoms with Crippen molar-refractivity contribution in [3.8, 4) is 0 Å². The molecule has 1 atom stereocenters. The van der Waals surface area contributed by atoms with Crippen LogP contribution in [0.5, 0.6) is 0 Å². The largest absolute Gasteiger partial charge is 0.345 e. The van der Waals surface area contributed by atoms with Crippen molar-refractivity contribution < 1.29 is 4.79 Å². The maximum Gasteiger partial charge on any atom is 0.226 e. The monoisotopic (exact) mass is 215 g/mol. The average molecular weight is 215 g/mol. The van der Waals surface area contributed by atoms with Gasteiger partial charge in [0.15, 0.2) is 0 Å². The fourth-order valence-corrected chi connectivity index (χ4v) is 3.16. The van der Waals surface area contributed by atoms with E-state index in [4.69, 9.17) is 0 Å². The van der Waals surface area contributed by atoms with E-state index in [1.54, 1.807) is 0 Å². The lowest BCUT2D eigenvalue weighted by Gasteiger charge is -2.27. The summed E-state index contributed by atoms with van der Waals surface area (Å²) in [6.07, 6.45) is 4.29. The Morgan fingerprint density at radius 3 is 3.00 bits per heavy atom. The number of hydrogen-bond donors (Lipinski definition) is 0. The molecule has 0 N–H and O–H groups in total. The highest BCUT2D eigenvalue weighted by atomic mass is 16.2. The third kappa shape index (κ3) is 1.44. The van der Waals surface area contributed by atoms with Gasteiger partial charge in [-0.3, -0.25) is 4.79 Å². The molecule has 0 saturated heterocycles. The van der Waals surface area contributed by atoms with Gasteiger partial charge in [0.05, 0.1) is 6.42 Å². The lowest BCUT2D eigenvalue weighted by atomic mass is 9.80. The molecule has 1 amide bonds. The van der Waals surface area contributed by atoms with Crippen molar-refractivity contribution in [2.24, 2.45) is 0 Å². The van der Waals surface area contributed by atoms with Crippen molar-refractivity contribution in [3.63, 3.8) is 0 Å². The number of carbonyl (C=O) groups is 1. The number of nitrogens with zero attached hydrogens (tertiary/aromatic N) is 1. The maximum absolute atomic E-state index is 11.9. The molecule has 1 aliphatic heterocycles. The second kappa shape index (κ2) is 3.62. The third-order valence-electron chi connectivity index (χ3n) is 3.96. The van der Waals surface area contributed by atoms with E-state index in [-0.39, 0.29) is 5.91 Å². The number of hydrogen-bond acceptors (Lipinski definition) is 1. The predicted octanol–water partition coefficient (Wildman–Crippen LogP) is 2.12. The maximum atomic E-state index is 11.9. The van der Waals surface area contributed by atoms with E-state index >= 15 is 0 Å². The molecule has 1 aliphatic carbocycles. The van der Waals surface area contributed by atoms with Gasteiger partial charge in [0.25, 0.3) is 0 Å². The molecule has 0 aromatic heterocycles. The summed E-state index contributed by atoms with van der Waals surface area (Å²) < 4.78 is 0. The van der Waals surface area contributed by atoms with Crippen LogP contribution in [0.4, 0.5) is 0 Å². The van der Waals surface area contributed by atoms with Gasteiger partial charge >= 0.3 is 0 Å². The summed E-state index contributed by atoms with van der Waals surface area (Å²) in [4.78, 5) is 13.8. The Morgan fingerprint density at radius 1 is 1.31 bits per heavy atom. The fraction of sp³-hybridized carbons (Fsp3) is 0.500. The molecule has 2 heteroatoms. The minimum atomic E-state index is 0.266. The van der Waals surface area contributed by atoms with Gasteiger partial charge in [-0.2, -0.15) is 0 Å². The van der Waals surface area contributed by atoms with Gasteiger partial charge in [-0.25, -0.2) is 0 Å².